The van der Waals surface area contributed by atoms with Crippen LogP contribution in [0.15, 0.2) is 97.1 Å². The van der Waals surface area contributed by atoms with E-state index in [0.29, 0.717) is 34.0 Å². The van der Waals surface area contributed by atoms with Gasteiger partial charge in [0.15, 0.2) is 0 Å². The number of nitrogens with zero attached hydrogens (tertiary/aromatic N) is 1. The van der Waals surface area contributed by atoms with E-state index in [0.717, 1.165) is 10.6 Å². The lowest BCUT2D eigenvalue weighted by Crippen LogP contribution is -2.48. The number of hydrogen-bond acceptors (Lipinski definition) is 5. The number of aliphatic hydroxyl groups excluding tert-OH is 1. The number of imide groups is 1. The normalized spacial score (nSPS) is 22.6. The number of rotatable bonds is 8. The molecule has 38 heavy (non-hydrogen) atoms. The van der Waals surface area contributed by atoms with Crippen LogP contribution < -0.4 is 10.2 Å². The lowest BCUT2D eigenvalue weighted by molar-refractivity contribution is -0.138. The molecule has 1 aliphatic heterocycles. The van der Waals surface area contributed by atoms with Crippen molar-refractivity contribution in [1.29, 1.82) is 0 Å². The maximum atomic E-state index is 14.6. The molecule has 6 nitrogen and oxygen atoms in total. The highest BCUT2D eigenvalue weighted by Crippen LogP contribution is 2.58. The highest BCUT2D eigenvalue weighted by atomic mass is 35.5. The van der Waals surface area contributed by atoms with Gasteiger partial charge in [-0.1, -0.05) is 60.7 Å². The van der Waals surface area contributed by atoms with Crippen molar-refractivity contribution < 1.29 is 23.8 Å². The standard InChI is InChI=1S/C30H26ClFN2O4/c1-2-19-7-16-25-28(36)34(33-23-14-12-22(32)13-15-23)29(37)30(25,20-8-10-21(31)11-9-20)27(19)24-5-3-4-6-26(24)38-18-17-35/h2-15,25,27,33,35H,1,16-18H2. The molecule has 3 aromatic carbocycles. The summed E-state index contributed by atoms with van der Waals surface area (Å²) in [6.07, 6.45) is 3.95. The molecule has 0 spiro atoms. The number of carbonyl (C=O) groups excluding carboxylic acids is 2. The Morgan fingerprint density at radius 3 is 2.50 bits per heavy atom. The topological polar surface area (TPSA) is 78.9 Å². The first-order valence-electron chi connectivity index (χ1n) is 12.2. The second kappa shape index (κ2) is 10.4. The van der Waals surface area contributed by atoms with Crippen molar-refractivity contribution in [3.05, 3.63) is 119 Å². The number of para-hydroxylation sites is 1. The fourth-order valence-electron chi connectivity index (χ4n) is 5.64. The minimum atomic E-state index is -1.36. The third kappa shape index (κ3) is 4.18. The van der Waals surface area contributed by atoms with E-state index >= 15 is 0 Å². The van der Waals surface area contributed by atoms with Crippen LogP contribution in [0.25, 0.3) is 0 Å². The molecule has 2 amide bonds. The minimum absolute atomic E-state index is 0.0688. The van der Waals surface area contributed by atoms with Gasteiger partial charge in [-0.25, -0.2) is 4.39 Å². The molecule has 0 saturated carbocycles. The first kappa shape index (κ1) is 25.7. The smallest absolute Gasteiger partial charge is 0.260 e. The number of amides is 2. The van der Waals surface area contributed by atoms with Crippen LogP contribution in [-0.2, 0) is 15.0 Å². The number of halogens is 2. The average Bonchev–Trinajstić information content (AvgIpc) is 3.15. The van der Waals surface area contributed by atoms with Crippen molar-refractivity contribution >= 4 is 29.1 Å². The number of fused-ring (bicyclic) bond motifs is 1. The molecule has 0 bridgehead atoms. The molecule has 2 aliphatic rings. The number of hydrogen-bond donors (Lipinski definition) is 2. The lowest BCUT2D eigenvalue weighted by atomic mass is 9.56. The van der Waals surface area contributed by atoms with Gasteiger partial charge in [-0.2, -0.15) is 5.01 Å². The number of nitrogens with one attached hydrogen (secondary N) is 1. The van der Waals surface area contributed by atoms with E-state index in [2.05, 4.69) is 12.0 Å². The van der Waals surface area contributed by atoms with Crippen molar-refractivity contribution in [3.63, 3.8) is 0 Å². The van der Waals surface area contributed by atoms with Crippen molar-refractivity contribution in [1.82, 2.24) is 5.01 Å². The maximum Gasteiger partial charge on any atom is 0.260 e. The average molecular weight is 533 g/mol. The third-order valence-corrected chi connectivity index (χ3v) is 7.48. The predicted molar refractivity (Wildman–Crippen MR) is 143 cm³/mol. The molecule has 2 N–H and O–H groups in total. The van der Waals surface area contributed by atoms with E-state index in [1.807, 2.05) is 24.3 Å². The molecule has 1 aliphatic carbocycles. The van der Waals surface area contributed by atoms with E-state index in [4.69, 9.17) is 16.3 Å². The van der Waals surface area contributed by atoms with Gasteiger partial charge in [-0.3, -0.25) is 15.0 Å². The van der Waals surface area contributed by atoms with Gasteiger partial charge in [0.05, 0.1) is 23.6 Å². The number of ether oxygens (including phenoxy) is 1. The fourth-order valence-corrected chi connectivity index (χ4v) is 5.77. The SMILES string of the molecule is C=CC1=CCC2C(=O)N(Nc3ccc(F)cc3)C(=O)C2(c2ccc(Cl)cc2)C1c1ccccc1OCCO. The summed E-state index contributed by atoms with van der Waals surface area (Å²) in [5.41, 5.74) is 4.06. The monoisotopic (exact) mass is 532 g/mol. The zero-order valence-electron chi connectivity index (χ0n) is 20.4. The quantitative estimate of drug-likeness (QED) is 0.380. The van der Waals surface area contributed by atoms with E-state index in [1.165, 1.54) is 24.3 Å². The van der Waals surface area contributed by atoms with Gasteiger partial charge in [0, 0.05) is 16.5 Å². The highest BCUT2D eigenvalue weighted by molar-refractivity contribution is 6.30. The van der Waals surface area contributed by atoms with Gasteiger partial charge in [-0.15, -0.1) is 0 Å². The Morgan fingerprint density at radius 2 is 1.82 bits per heavy atom. The summed E-state index contributed by atoms with van der Waals surface area (Å²) < 4.78 is 19.4. The zero-order valence-corrected chi connectivity index (χ0v) is 21.2. The number of benzene rings is 3. The van der Waals surface area contributed by atoms with Gasteiger partial charge < -0.3 is 9.84 Å². The first-order valence-corrected chi connectivity index (χ1v) is 12.6. The molecule has 5 rings (SSSR count). The van der Waals surface area contributed by atoms with Crippen LogP contribution in [0.1, 0.15) is 23.5 Å². The summed E-state index contributed by atoms with van der Waals surface area (Å²) in [5, 5.41) is 10.9. The molecule has 8 heteroatoms. The predicted octanol–water partition coefficient (Wildman–Crippen LogP) is 5.40. The van der Waals surface area contributed by atoms with E-state index < -0.39 is 34.9 Å². The molecule has 3 atom stereocenters. The Bertz CT molecular complexity index is 1410. The van der Waals surface area contributed by atoms with Crippen LogP contribution in [-0.4, -0.2) is 35.1 Å². The Balaban J connectivity index is 1.73. The van der Waals surface area contributed by atoms with Crippen LogP contribution >= 0.6 is 11.6 Å². The maximum absolute atomic E-state index is 14.6. The molecular formula is C30H26ClFN2O4. The molecule has 3 unspecified atom stereocenters. The molecule has 194 valence electrons. The van der Waals surface area contributed by atoms with Crippen LogP contribution in [0.3, 0.4) is 0 Å². The van der Waals surface area contributed by atoms with Crippen LogP contribution in [0.5, 0.6) is 5.75 Å². The van der Waals surface area contributed by atoms with Gasteiger partial charge in [-0.05, 0) is 60.0 Å². The van der Waals surface area contributed by atoms with Gasteiger partial charge in [0.25, 0.3) is 11.8 Å². The summed E-state index contributed by atoms with van der Waals surface area (Å²) in [6, 6.07) is 19.7. The van der Waals surface area contributed by atoms with Crippen LogP contribution in [0.4, 0.5) is 10.1 Å². The van der Waals surface area contributed by atoms with Crippen molar-refractivity contribution in [2.24, 2.45) is 5.92 Å². The van der Waals surface area contributed by atoms with Gasteiger partial charge in [0.1, 0.15) is 18.2 Å². The van der Waals surface area contributed by atoms with E-state index in [-0.39, 0.29) is 13.2 Å². The highest BCUT2D eigenvalue weighted by Gasteiger charge is 2.66. The van der Waals surface area contributed by atoms with Gasteiger partial charge >= 0.3 is 0 Å². The second-order valence-corrected chi connectivity index (χ2v) is 9.65. The Morgan fingerprint density at radius 1 is 1.11 bits per heavy atom. The Hall–Kier alpha value is -3.94. The van der Waals surface area contributed by atoms with E-state index in [1.54, 1.807) is 36.4 Å². The number of carbonyl (C=O) groups is 2. The van der Waals surface area contributed by atoms with Crippen molar-refractivity contribution in [3.8, 4) is 5.75 Å². The molecule has 1 heterocycles. The molecule has 1 saturated heterocycles. The largest absolute Gasteiger partial charge is 0.491 e. The van der Waals surface area contributed by atoms with Crippen LogP contribution in [0, 0.1) is 11.7 Å². The van der Waals surface area contributed by atoms with Crippen molar-refractivity contribution in [2.45, 2.75) is 17.8 Å². The summed E-state index contributed by atoms with van der Waals surface area (Å²) >= 11 is 6.22. The third-order valence-electron chi connectivity index (χ3n) is 7.22. The Labute approximate surface area is 225 Å². The molecular weight excluding hydrogens is 507 g/mol. The van der Waals surface area contributed by atoms with Gasteiger partial charge in [0.2, 0.25) is 0 Å². The Kier molecular flexibility index (Phi) is 7.06. The summed E-state index contributed by atoms with van der Waals surface area (Å²) in [6.45, 7) is 3.90. The summed E-state index contributed by atoms with van der Waals surface area (Å²) in [4.78, 5) is 28.5. The van der Waals surface area contributed by atoms with E-state index in [9.17, 15) is 19.1 Å². The number of aliphatic hydroxyl groups is 1. The second-order valence-electron chi connectivity index (χ2n) is 9.21. The fraction of sp³-hybridized carbons (Fsp3) is 0.200. The lowest BCUT2D eigenvalue weighted by Gasteiger charge is -2.43. The number of allylic oxidation sites excluding steroid dienone is 3. The molecule has 3 aromatic rings. The number of anilines is 1. The van der Waals surface area contributed by atoms with Crippen LogP contribution in [0.2, 0.25) is 5.02 Å². The first-order chi connectivity index (χ1) is 18.4. The van der Waals surface area contributed by atoms with Crippen molar-refractivity contribution in [2.75, 3.05) is 18.6 Å². The summed E-state index contributed by atoms with van der Waals surface area (Å²) in [5.74, 6) is -2.16. The molecule has 0 aromatic heterocycles. The zero-order chi connectivity index (χ0) is 26.9. The summed E-state index contributed by atoms with van der Waals surface area (Å²) in [7, 11) is 0. The minimum Gasteiger partial charge on any atom is -0.491 e. The molecule has 0 radical (unpaired) electrons. The number of hydrazine groups is 1. The molecule has 1 fully saturated rings.